The highest BCUT2D eigenvalue weighted by Gasteiger charge is 2.22. The number of para-hydroxylation sites is 1. The summed E-state index contributed by atoms with van der Waals surface area (Å²) in [6.07, 6.45) is 3.77. The minimum atomic E-state index is 0.796. The summed E-state index contributed by atoms with van der Waals surface area (Å²) in [6.45, 7) is 0. The molecule has 0 aromatic heterocycles. The molecule has 0 fully saturated rings. The van der Waals surface area contributed by atoms with Crippen molar-refractivity contribution in [3.05, 3.63) is 65.4 Å². The minimum absolute atomic E-state index is 0.796. The molecule has 0 bridgehead atoms. The van der Waals surface area contributed by atoms with Crippen LogP contribution in [0.25, 0.3) is 6.08 Å². The number of nitrogens with zero attached hydrogens (tertiary/aromatic N) is 2. The van der Waals surface area contributed by atoms with Gasteiger partial charge in [0.25, 0.3) is 0 Å². The third-order valence-electron chi connectivity index (χ3n) is 3.78. The first-order valence-corrected chi connectivity index (χ1v) is 6.99. The van der Waals surface area contributed by atoms with Crippen LogP contribution < -0.4 is 9.80 Å². The van der Waals surface area contributed by atoms with Gasteiger partial charge in [0.15, 0.2) is 0 Å². The van der Waals surface area contributed by atoms with Gasteiger partial charge < -0.3 is 4.90 Å². The van der Waals surface area contributed by atoms with E-state index in [4.69, 9.17) is 0 Å². The molecule has 3 heteroatoms. The standard InChI is InChI=1S/C18H18N2O/c1-19(2)16-9-7-14(8-10-16)11-17-12-15-5-3-4-6-18(15)20(17)13-21/h3-11,13H,12H2,1-2H3. The predicted octanol–water partition coefficient (Wildman–Crippen LogP) is 3.31. The van der Waals surface area contributed by atoms with Gasteiger partial charge in [-0.3, -0.25) is 9.69 Å². The van der Waals surface area contributed by atoms with E-state index in [1.165, 1.54) is 11.3 Å². The largest absolute Gasteiger partial charge is 0.378 e. The second-order valence-corrected chi connectivity index (χ2v) is 5.40. The summed E-state index contributed by atoms with van der Waals surface area (Å²) < 4.78 is 0. The Balaban J connectivity index is 1.92. The SMILES string of the molecule is CN(C)c1ccc(C=C2Cc3ccccc3N2C=O)cc1. The second kappa shape index (κ2) is 5.44. The summed E-state index contributed by atoms with van der Waals surface area (Å²) >= 11 is 0. The van der Waals surface area contributed by atoms with Gasteiger partial charge in [0.05, 0.1) is 5.69 Å². The van der Waals surface area contributed by atoms with E-state index in [-0.39, 0.29) is 0 Å². The molecule has 0 N–H and O–H groups in total. The summed E-state index contributed by atoms with van der Waals surface area (Å²) in [5, 5.41) is 0. The van der Waals surface area contributed by atoms with Gasteiger partial charge in [-0.1, -0.05) is 30.3 Å². The first-order chi connectivity index (χ1) is 10.2. The molecule has 0 saturated carbocycles. The van der Waals surface area contributed by atoms with Gasteiger partial charge in [0, 0.05) is 31.9 Å². The summed E-state index contributed by atoms with van der Waals surface area (Å²) in [6, 6.07) is 16.4. The molecule has 1 amide bonds. The van der Waals surface area contributed by atoms with E-state index in [0.29, 0.717) is 0 Å². The number of benzene rings is 2. The fourth-order valence-electron chi connectivity index (χ4n) is 2.64. The lowest BCUT2D eigenvalue weighted by molar-refractivity contribution is -0.107. The Bertz CT molecular complexity index is 687. The van der Waals surface area contributed by atoms with Crippen LogP contribution in [-0.4, -0.2) is 20.5 Å². The van der Waals surface area contributed by atoms with E-state index in [2.05, 4.69) is 41.3 Å². The van der Waals surface area contributed by atoms with Crippen LogP contribution in [0.2, 0.25) is 0 Å². The van der Waals surface area contributed by atoms with E-state index in [9.17, 15) is 4.79 Å². The van der Waals surface area contributed by atoms with E-state index in [1.807, 2.05) is 32.3 Å². The van der Waals surface area contributed by atoms with Gasteiger partial charge in [-0.25, -0.2) is 0 Å². The van der Waals surface area contributed by atoms with Crippen LogP contribution >= 0.6 is 0 Å². The fourth-order valence-corrected chi connectivity index (χ4v) is 2.64. The van der Waals surface area contributed by atoms with E-state index < -0.39 is 0 Å². The van der Waals surface area contributed by atoms with Crippen molar-refractivity contribution in [2.45, 2.75) is 6.42 Å². The van der Waals surface area contributed by atoms with Crippen LogP contribution in [0.1, 0.15) is 11.1 Å². The molecule has 106 valence electrons. The number of carbonyl (C=O) groups excluding carboxylic acids is 1. The molecule has 1 aliphatic rings. The molecule has 3 nitrogen and oxygen atoms in total. The highest BCUT2D eigenvalue weighted by molar-refractivity contribution is 5.87. The van der Waals surface area contributed by atoms with Crippen molar-refractivity contribution in [1.29, 1.82) is 0 Å². The zero-order valence-electron chi connectivity index (χ0n) is 12.3. The normalized spacial score (nSPS) is 15.1. The average Bonchev–Trinajstić information content (AvgIpc) is 2.84. The molecule has 0 unspecified atom stereocenters. The van der Waals surface area contributed by atoms with E-state index in [1.54, 1.807) is 4.90 Å². The van der Waals surface area contributed by atoms with E-state index >= 15 is 0 Å². The van der Waals surface area contributed by atoms with E-state index in [0.717, 1.165) is 29.8 Å². The van der Waals surface area contributed by atoms with Crippen LogP contribution in [0.4, 0.5) is 11.4 Å². The number of allylic oxidation sites excluding steroid dienone is 1. The number of carbonyl (C=O) groups is 1. The number of amides is 1. The summed E-state index contributed by atoms with van der Waals surface area (Å²) in [5.41, 5.74) is 5.47. The maximum absolute atomic E-state index is 11.4. The van der Waals surface area contributed by atoms with Crippen LogP contribution in [-0.2, 0) is 11.2 Å². The molecule has 0 atom stereocenters. The van der Waals surface area contributed by atoms with Crippen molar-refractivity contribution in [2.24, 2.45) is 0 Å². The Hall–Kier alpha value is -2.55. The Morgan fingerprint density at radius 1 is 1.05 bits per heavy atom. The molecule has 0 aliphatic carbocycles. The molecule has 2 aromatic rings. The van der Waals surface area contributed by atoms with Crippen LogP contribution in [0.5, 0.6) is 0 Å². The summed E-state index contributed by atoms with van der Waals surface area (Å²) in [7, 11) is 4.05. The van der Waals surface area contributed by atoms with Gasteiger partial charge >= 0.3 is 0 Å². The lowest BCUT2D eigenvalue weighted by Gasteiger charge is -2.14. The van der Waals surface area contributed by atoms with Crippen molar-refractivity contribution in [3.63, 3.8) is 0 Å². The minimum Gasteiger partial charge on any atom is -0.378 e. The maximum Gasteiger partial charge on any atom is 0.218 e. The summed E-state index contributed by atoms with van der Waals surface area (Å²) in [5.74, 6) is 0. The molecular formula is C18H18N2O. The summed E-state index contributed by atoms with van der Waals surface area (Å²) in [4.78, 5) is 15.2. The first kappa shape index (κ1) is 13.4. The van der Waals surface area contributed by atoms with Gasteiger partial charge in [0.2, 0.25) is 6.41 Å². The van der Waals surface area contributed by atoms with Crippen molar-refractivity contribution in [2.75, 3.05) is 23.9 Å². The smallest absolute Gasteiger partial charge is 0.218 e. The Kier molecular flexibility index (Phi) is 3.48. The second-order valence-electron chi connectivity index (χ2n) is 5.40. The third-order valence-corrected chi connectivity index (χ3v) is 3.78. The maximum atomic E-state index is 11.4. The molecule has 0 radical (unpaired) electrons. The monoisotopic (exact) mass is 278 g/mol. The van der Waals surface area contributed by atoms with Gasteiger partial charge in [-0.05, 0) is 35.4 Å². The average molecular weight is 278 g/mol. The topological polar surface area (TPSA) is 23.6 Å². The Morgan fingerprint density at radius 2 is 1.76 bits per heavy atom. The first-order valence-electron chi connectivity index (χ1n) is 6.99. The number of hydrogen-bond acceptors (Lipinski definition) is 2. The zero-order valence-corrected chi connectivity index (χ0v) is 12.3. The molecule has 2 aromatic carbocycles. The highest BCUT2D eigenvalue weighted by Crippen LogP contribution is 2.34. The van der Waals surface area contributed by atoms with Crippen LogP contribution in [0, 0.1) is 0 Å². The third kappa shape index (κ3) is 2.55. The van der Waals surface area contributed by atoms with Gasteiger partial charge in [-0.15, -0.1) is 0 Å². The van der Waals surface area contributed by atoms with Crippen molar-refractivity contribution < 1.29 is 4.79 Å². The molecule has 1 heterocycles. The molecule has 3 rings (SSSR count). The molecule has 21 heavy (non-hydrogen) atoms. The number of fused-ring (bicyclic) bond motifs is 1. The number of hydrogen-bond donors (Lipinski definition) is 0. The fraction of sp³-hybridized carbons (Fsp3) is 0.167. The molecular weight excluding hydrogens is 260 g/mol. The lowest BCUT2D eigenvalue weighted by atomic mass is 10.1. The van der Waals surface area contributed by atoms with Gasteiger partial charge in [0.1, 0.15) is 0 Å². The van der Waals surface area contributed by atoms with Crippen LogP contribution in [0.3, 0.4) is 0 Å². The van der Waals surface area contributed by atoms with Crippen molar-refractivity contribution >= 4 is 23.9 Å². The lowest BCUT2D eigenvalue weighted by Crippen LogP contribution is -2.15. The van der Waals surface area contributed by atoms with Crippen molar-refractivity contribution in [3.8, 4) is 0 Å². The molecule has 0 saturated heterocycles. The number of rotatable bonds is 3. The van der Waals surface area contributed by atoms with Crippen molar-refractivity contribution in [1.82, 2.24) is 0 Å². The predicted molar refractivity (Wildman–Crippen MR) is 87.4 cm³/mol. The molecule has 1 aliphatic heterocycles. The highest BCUT2D eigenvalue weighted by atomic mass is 16.1. The van der Waals surface area contributed by atoms with Crippen LogP contribution in [0.15, 0.2) is 54.2 Å². The Morgan fingerprint density at radius 3 is 2.43 bits per heavy atom. The Labute approximate surface area is 125 Å². The van der Waals surface area contributed by atoms with Gasteiger partial charge in [-0.2, -0.15) is 0 Å². The zero-order chi connectivity index (χ0) is 14.8. The quantitative estimate of drug-likeness (QED) is 0.804. The number of anilines is 2. The molecule has 0 spiro atoms.